The van der Waals surface area contributed by atoms with Crippen molar-refractivity contribution < 1.29 is 4.79 Å². The van der Waals surface area contributed by atoms with Gasteiger partial charge in [-0.05, 0) is 42.8 Å². The van der Waals surface area contributed by atoms with Gasteiger partial charge in [0.15, 0.2) is 5.78 Å². The maximum atomic E-state index is 12.4. The minimum atomic E-state index is 0.0540. The summed E-state index contributed by atoms with van der Waals surface area (Å²) in [6, 6.07) is 31.1. The Labute approximate surface area is 177 Å². The molecule has 0 spiro atoms. The Morgan fingerprint density at radius 2 is 1.31 bits per heavy atom. The second kappa shape index (κ2) is 7.02. The van der Waals surface area contributed by atoms with E-state index in [1.54, 1.807) is 6.92 Å². The monoisotopic (exact) mass is 439 g/mol. The Morgan fingerprint density at radius 1 is 0.724 bits per heavy atom. The van der Waals surface area contributed by atoms with Crippen LogP contribution in [0.4, 0.5) is 0 Å². The lowest BCUT2D eigenvalue weighted by Gasteiger charge is -2.16. The molecule has 0 saturated carbocycles. The summed E-state index contributed by atoms with van der Waals surface area (Å²) in [5, 5.41) is 2.45. The Balaban J connectivity index is 1.89. The molecule has 1 aromatic heterocycles. The van der Waals surface area contributed by atoms with Crippen molar-refractivity contribution in [1.82, 2.24) is 4.57 Å². The fourth-order valence-electron chi connectivity index (χ4n) is 4.12. The Kier molecular flexibility index (Phi) is 4.33. The summed E-state index contributed by atoms with van der Waals surface area (Å²) in [4.78, 5) is 12.4. The molecule has 0 atom stereocenters. The van der Waals surface area contributed by atoms with Crippen LogP contribution in [0.15, 0.2) is 95.5 Å². The number of hydrogen-bond acceptors (Lipinski definition) is 1. The van der Waals surface area contributed by atoms with Crippen LogP contribution in [-0.4, -0.2) is 10.4 Å². The number of ketones is 1. The van der Waals surface area contributed by atoms with Crippen LogP contribution in [0, 0.1) is 0 Å². The van der Waals surface area contributed by atoms with E-state index in [0.717, 1.165) is 32.3 Å². The van der Waals surface area contributed by atoms with Gasteiger partial charge in [-0.15, -0.1) is 0 Å². The Bertz CT molecular complexity index is 1340. The van der Waals surface area contributed by atoms with E-state index in [1.807, 2.05) is 24.3 Å². The fraction of sp³-hybridized carbons (Fsp3) is 0.0385. The molecule has 140 valence electrons. The maximum Gasteiger partial charge on any atom is 0.160 e. The topological polar surface area (TPSA) is 22.0 Å². The summed E-state index contributed by atoms with van der Waals surface area (Å²) in [7, 11) is 0. The van der Waals surface area contributed by atoms with Crippen molar-refractivity contribution in [3.8, 4) is 16.8 Å². The summed E-state index contributed by atoms with van der Waals surface area (Å²) in [5.41, 5.74) is 6.07. The van der Waals surface area contributed by atoms with Gasteiger partial charge >= 0.3 is 0 Å². The number of benzene rings is 4. The molecule has 0 aliphatic heterocycles. The molecule has 0 bridgehead atoms. The van der Waals surface area contributed by atoms with E-state index in [4.69, 9.17) is 0 Å². The number of Topliss-reactive ketones (excluding diaryl/α,β-unsaturated/α-hetero) is 1. The van der Waals surface area contributed by atoms with E-state index in [2.05, 4.69) is 87.2 Å². The highest BCUT2D eigenvalue weighted by Crippen LogP contribution is 2.37. The molecule has 0 amide bonds. The second-order valence-electron chi connectivity index (χ2n) is 7.13. The van der Waals surface area contributed by atoms with E-state index in [0.29, 0.717) is 5.56 Å². The molecular formula is C26H18BrNO. The number of carbonyl (C=O) groups is 1. The van der Waals surface area contributed by atoms with Crippen LogP contribution < -0.4 is 0 Å². The molecule has 0 aliphatic carbocycles. The molecule has 1 heterocycles. The minimum absolute atomic E-state index is 0.0540. The highest BCUT2D eigenvalue weighted by Gasteiger charge is 2.17. The first kappa shape index (κ1) is 17.9. The number of aromatic nitrogens is 1. The van der Waals surface area contributed by atoms with Crippen LogP contribution in [0.5, 0.6) is 0 Å². The van der Waals surface area contributed by atoms with Crippen LogP contribution in [0.3, 0.4) is 0 Å². The molecule has 0 radical (unpaired) electrons. The zero-order chi connectivity index (χ0) is 20.0. The Hall–Kier alpha value is -3.17. The third-order valence-electron chi connectivity index (χ3n) is 5.38. The van der Waals surface area contributed by atoms with Gasteiger partial charge in [0.05, 0.1) is 16.7 Å². The highest BCUT2D eigenvalue weighted by atomic mass is 79.9. The van der Waals surface area contributed by atoms with Crippen molar-refractivity contribution in [2.24, 2.45) is 0 Å². The SMILES string of the molecule is CC(=O)c1cc(Br)ccc1-c1ccccc1-n1c2ccccc2c2ccccc21. The van der Waals surface area contributed by atoms with Crippen LogP contribution in [0.25, 0.3) is 38.6 Å². The second-order valence-corrected chi connectivity index (χ2v) is 8.05. The number of halogens is 1. The summed E-state index contributed by atoms with van der Waals surface area (Å²) in [6.07, 6.45) is 0. The molecule has 0 unspecified atom stereocenters. The molecule has 0 N–H and O–H groups in total. The van der Waals surface area contributed by atoms with Crippen LogP contribution >= 0.6 is 15.9 Å². The number of hydrogen-bond donors (Lipinski definition) is 0. The van der Waals surface area contributed by atoms with Gasteiger partial charge in [-0.25, -0.2) is 0 Å². The van der Waals surface area contributed by atoms with E-state index in [1.165, 1.54) is 10.8 Å². The van der Waals surface area contributed by atoms with Gasteiger partial charge in [0.25, 0.3) is 0 Å². The Morgan fingerprint density at radius 3 is 1.97 bits per heavy atom. The normalized spacial score (nSPS) is 11.2. The largest absolute Gasteiger partial charge is 0.309 e. The van der Waals surface area contributed by atoms with Gasteiger partial charge in [-0.2, -0.15) is 0 Å². The van der Waals surface area contributed by atoms with Gasteiger partial charge in [0.2, 0.25) is 0 Å². The van der Waals surface area contributed by atoms with Crippen molar-refractivity contribution in [3.63, 3.8) is 0 Å². The molecule has 29 heavy (non-hydrogen) atoms. The maximum absolute atomic E-state index is 12.4. The summed E-state index contributed by atoms with van der Waals surface area (Å²) < 4.78 is 3.20. The molecule has 0 fully saturated rings. The van der Waals surface area contributed by atoms with E-state index in [9.17, 15) is 4.79 Å². The van der Waals surface area contributed by atoms with Crippen LogP contribution in [-0.2, 0) is 0 Å². The summed E-state index contributed by atoms with van der Waals surface area (Å²) >= 11 is 3.50. The van der Waals surface area contributed by atoms with Crippen molar-refractivity contribution in [2.45, 2.75) is 6.92 Å². The summed E-state index contributed by atoms with van der Waals surface area (Å²) in [5.74, 6) is 0.0540. The molecule has 2 nitrogen and oxygen atoms in total. The van der Waals surface area contributed by atoms with Crippen LogP contribution in [0.1, 0.15) is 17.3 Å². The smallest absolute Gasteiger partial charge is 0.160 e. The highest BCUT2D eigenvalue weighted by molar-refractivity contribution is 9.10. The lowest BCUT2D eigenvalue weighted by Crippen LogP contribution is -2.01. The molecule has 0 aliphatic rings. The van der Waals surface area contributed by atoms with Crippen molar-refractivity contribution >= 4 is 43.5 Å². The van der Waals surface area contributed by atoms with E-state index < -0.39 is 0 Å². The van der Waals surface area contributed by atoms with Gasteiger partial charge in [-0.3, -0.25) is 4.79 Å². The third kappa shape index (κ3) is 2.90. The standard InChI is InChI=1S/C26H18BrNO/c1-17(29)23-16-18(27)14-15-19(23)20-8-2-5-11-24(20)28-25-12-6-3-9-21(25)22-10-4-7-13-26(22)28/h2-16H,1H3. The number of fused-ring (bicyclic) bond motifs is 3. The first-order chi connectivity index (χ1) is 14.1. The molecule has 3 heteroatoms. The van der Waals surface area contributed by atoms with Crippen LogP contribution in [0.2, 0.25) is 0 Å². The molecular weight excluding hydrogens is 422 g/mol. The number of rotatable bonds is 3. The molecule has 5 rings (SSSR count). The van der Waals surface area contributed by atoms with Gasteiger partial charge in [0.1, 0.15) is 0 Å². The zero-order valence-electron chi connectivity index (χ0n) is 15.9. The summed E-state index contributed by atoms with van der Waals surface area (Å²) in [6.45, 7) is 1.62. The van der Waals surface area contributed by atoms with Crippen molar-refractivity contribution in [3.05, 3.63) is 101 Å². The minimum Gasteiger partial charge on any atom is -0.309 e. The molecule has 0 saturated heterocycles. The fourth-order valence-corrected chi connectivity index (χ4v) is 4.48. The molecule has 5 aromatic rings. The average molecular weight is 440 g/mol. The van der Waals surface area contributed by atoms with Crippen molar-refractivity contribution in [1.29, 1.82) is 0 Å². The molecule has 4 aromatic carbocycles. The van der Waals surface area contributed by atoms with Gasteiger partial charge in [-0.1, -0.05) is 76.6 Å². The predicted octanol–water partition coefficient (Wildman–Crippen LogP) is 7.42. The van der Waals surface area contributed by atoms with E-state index in [-0.39, 0.29) is 5.78 Å². The first-order valence-corrected chi connectivity index (χ1v) is 10.3. The predicted molar refractivity (Wildman–Crippen MR) is 124 cm³/mol. The zero-order valence-corrected chi connectivity index (χ0v) is 17.5. The lowest BCUT2D eigenvalue weighted by molar-refractivity contribution is 0.101. The third-order valence-corrected chi connectivity index (χ3v) is 5.87. The average Bonchev–Trinajstić information content (AvgIpc) is 3.08. The lowest BCUT2D eigenvalue weighted by atomic mass is 9.96. The van der Waals surface area contributed by atoms with Gasteiger partial charge in [0, 0.05) is 26.4 Å². The number of para-hydroxylation sites is 3. The van der Waals surface area contributed by atoms with Crippen molar-refractivity contribution in [2.75, 3.05) is 0 Å². The number of carbonyl (C=O) groups excluding carboxylic acids is 1. The quantitative estimate of drug-likeness (QED) is 0.268. The number of nitrogens with zero attached hydrogens (tertiary/aromatic N) is 1. The first-order valence-electron chi connectivity index (χ1n) is 9.53. The van der Waals surface area contributed by atoms with E-state index >= 15 is 0 Å². The van der Waals surface area contributed by atoms with Gasteiger partial charge < -0.3 is 4.57 Å².